The summed E-state index contributed by atoms with van der Waals surface area (Å²) in [6.45, 7) is 0. The molecule has 0 aliphatic carbocycles. The van der Waals surface area contributed by atoms with Gasteiger partial charge in [-0.25, -0.2) is 9.37 Å². The molecule has 1 heterocycles. The van der Waals surface area contributed by atoms with Gasteiger partial charge in [-0.1, -0.05) is 22.8 Å². The second-order valence-corrected chi connectivity index (χ2v) is 4.17. The Labute approximate surface area is 117 Å². The SMILES string of the molecule is O=[N+]([O-])c1cnc(-c2ccc(C=NO)cc2F)c(Cl)c1. The molecule has 0 amide bonds. The van der Waals surface area contributed by atoms with Crippen LogP contribution in [-0.2, 0) is 0 Å². The van der Waals surface area contributed by atoms with E-state index >= 15 is 0 Å². The van der Waals surface area contributed by atoms with E-state index in [1.165, 1.54) is 12.1 Å². The minimum Gasteiger partial charge on any atom is -0.411 e. The normalized spacial score (nSPS) is 10.9. The average molecular weight is 296 g/mol. The van der Waals surface area contributed by atoms with Crippen molar-refractivity contribution in [3.05, 3.63) is 57.0 Å². The lowest BCUT2D eigenvalue weighted by Crippen LogP contribution is -1.94. The van der Waals surface area contributed by atoms with Crippen LogP contribution >= 0.6 is 11.6 Å². The van der Waals surface area contributed by atoms with E-state index in [0.717, 1.165) is 24.5 Å². The number of oxime groups is 1. The maximum Gasteiger partial charge on any atom is 0.289 e. The highest BCUT2D eigenvalue weighted by atomic mass is 35.5. The molecule has 0 aliphatic heterocycles. The van der Waals surface area contributed by atoms with Crippen molar-refractivity contribution in [3.8, 4) is 11.3 Å². The first-order chi connectivity index (χ1) is 9.52. The first-order valence-electron chi connectivity index (χ1n) is 5.30. The lowest BCUT2D eigenvalue weighted by atomic mass is 10.1. The summed E-state index contributed by atoms with van der Waals surface area (Å²) < 4.78 is 13.9. The molecule has 0 atom stereocenters. The molecule has 20 heavy (non-hydrogen) atoms. The lowest BCUT2D eigenvalue weighted by Gasteiger charge is -2.05. The van der Waals surface area contributed by atoms with Gasteiger partial charge in [0.1, 0.15) is 12.0 Å². The number of hydrogen-bond acceptors (Lipinski definition) is 5. The molecule has 0 unspecified atom stereocenters. The summed E-state index contributed by atoms with van der Waals surface area (Å²) in [5.74, 6) is -0.634. The highest BCUT2D eigenvalue weighted by Crippen LogP contribution is 2.30. The third kappa shape index (κ3) is 2.72. The van der Waals surface area contributed by atoms with Gasteiger partial charge in [0.2, 0.25) is 0 Å². The Morgan fingerprint density at radius 3 is 2.75 bits per heavy atom. The minimum atomic E-state index is -0.639. The first-order valence-corrected chi connectivity index (χ1v) is 5.68. The zero-order chi connectivity index (χ0) is 14.7. The quantitative estimate of drug-likeness (QED) is 0.407. The van der Waals surface area contributed by atoms with Gasteiger partial charge in [0.15, 0.2) is 0 Å². The highest BCUT2D eigenvalue weighted by molar-refractivity contribution is 6.33. The maximum absolute atomic E-state index is 13.9. The molecule has 0 saturated carbocycles. The maximum atomic E-state index is 13.9. The second kappa shape index (κ2) is 5.62. The monoisotopic (exact) mass is 295 g/mol. The molecule has 1 aromatic heterocycles. The molecule has 0 fully saturated rings. The van der Waals surface area contributed by atoms with E-state index in [1.807, 2.05) is 0 Å². The van der Waals surface area contributed by atoms with E-state index in [2.05, 4.69) is 10.1 Å². The number of rotatable bonds is 3. The third-order valence-electron chi connectivity index (χ3n) is 2.49. The molecule has 1 N–H and O–H groups in total. The summed E-state index contributed by atoms with van der Waals surface area (Å²) in [5.41, 5.74) is 0.275. The summed E-state index contributed by atoms with van der Waals surface area (Å²) in [7, 11) is 0. The Balaban J connectivity index is 2.49. The van der Waals surface area contributed by atoms with Crippen molar-refractivity contribution in [2.45, 2.75) is 0 Å². The molecule has 0 saturated heterocycles. The van der Waals surface area contributed by atoms with Crippen molar-refractivity contribution in [2.24, 2.45) is 5.16 Å². The fourth-order valence-electron chi connectivity index (χ4n) is 1.60. The number of nitro groups is 1. The smallest absolute Gasteiger partial charge is 0.289 e. The van der Waals surface area contributed by atoms with Crippen molar-refractivity contribution >= 4 is 23.5 Å². The Kier molecular flexibility index (Phi) is 3.90. The van der Waals surface area contributed by atoms with Crippen LogP contribution in [0.2, 0.25) is 5.02 Å². The molecular formula is C12H7ClFN3O3. The minimum absolute atomic E-state index is 0.0262. The van der Waals surface area contributed by atoms with E-state index in [9.17, 15) is 14.5 Å². The Bertz CT molecular complexity index is 706. The molecule has 2 aromatic rings. The van der Waals surface area contributed by atoms with Gasteiger partial charge in [-0.2, -0.15) is 0 Å². The Hall–Kier alpha value is -2.54. The van der Waals surface area contributed by atoms with Crippen LogP contribution in [0.1, 0.15) is 5.56 Å². The summed E-state index contributed by atoms with van der Waals surface area (Å²) in [5, 5.41) is 21.7. The molecular weight excluding hydrogens is 289 g/mol. The van der Waals surface area contributed by atoms with Crippen molar-refractivity contribution in [2.75, 3.05) is 0 Å². The first kappa shape index (κ1) is 13.9. The molecule has 8 heteroatoms. The van der Waals surface area contributed by atoms with E-state index in [1.54, 1.807) is 0 Å². The molecule has 0 bridgehead atoms. The predicted molar refractivity (Wildman–Crippen MR) is 70.7 cm³/mol. The number of hydrogen-bond donors (Lipinski definition) is 1. The Morgan fingerprint density at radius 1 is 1.45 bits per heavy atom. The van der Waals surface area contributed by atoms with Gasteiger partial charge in [-0.3, -0.25) is 10.1 Å². The topological polar surface area (TPSA) is 88.6 Å². The zero-order valence-corrected chi connectivity index (χ0v) is 10.6. The van der Waals surface area contributed by atoms with Crippen LogP contribution in [0.3, 0.4) is 0 Å². The van der Waals surface area contributed by atoms with Crippen LogP contribution in [0, 0.1) is 15.9 Å². The molecule has 2 rings (SSSR count). The van der Waals surface area contributed by atoms with Crippen molar-refractivity contribution < 1.29 is 14.5 Å². The molecule has 102 valence electrons. The van der Waals surface area contributed by atoms with E-state index < -0.39 is 10.7 Å². The number of pyridine rings is 1. The van der Waals surface area contributed by atoms with Crippen LogP contribution in [0.15, 0.2) is 35.6 Å². The number of aromatic nitrogens is 1. The predicted octanol–water partition coefficient (Wildman–Crippen LogP) is 3.26. The van der Waals surface area contributed by atoms with Gasteiger partial charge in [0.05, 0.1) is 21.9 Å². The van der Waals surface area contributed by atoms with E-state index in [-0.39, 0.29) is 22.0 Å². The van der Waals surface area contributed by atoms with Crippen LogP contribution in [0.25, 0.3) is 11.3 Å². The Morgan fingerprint density at radius 2 is 2.20 bits per heavy atom. The molecule has 0 aliphatic rings. The third-order valence-corrected chi connectivity index (χ3v) is 2.78. The van der Waals surface area contributed by atoms with Gasteiger partial charge in [-0.15, -0.1) is 0 Å². The molecule has 0 spiro atoms. The lowest BCUT2D eigenvalue weighted by molar-refractivity contribution is -0.385. The molecule has 1 aromatic carbocycles. The summed E-state index contributed by atoms with van der Waals surface area (Å²) >= 11 is 5.88. The average Bonchev–Trinajstić information content (AvgIpc) is 2.40. The largest absolute Gasteiger partial charge is 0.411 e. The summed E-state index contributed by atoms with van der Waals surface area (Å²) in [6.07, 6.45) is 2.07. The number of nitrogens with zero attached hydrogens (tertiary/aromatic N) is 3. The zero-order valence-electron chi connectivity index (χ0n) is 9.83. The summed E-state index contributed by atoms with van der Waals surface area (Å²) in [4.78, 5) is 13.7. The van der Waals surface area contributed by atoms with Crippen molar-refractivity contribution in [1.82, 2.24) is 4.98 Å². The van der Waals surface area contributed by atoms with Gasteiger partial charge in [0.25, 0.3) is 5.69 Å². The number of benzene rings is 1. The summed E-state index contributed by atoms with van der Waals surface area (Å²) in [6, 6.07) is 5.13. The highest BCUT2D eigenvalue weighted by Gasteiger charge is 2.15. The fourth-order valence-corrected chi connectivity index (χ4v) is 1.86. The van der Waals surface area contributed by atoms with Crippen molar-refractivity contribution in [1.29, 1.82) is 0 Å². The van der Waals surface area contributed by atoms with Crippen LogP contribution in [0.5, 0.6) is 0 Å². The van der Waals surface area contributed by atoms with Gasteiger partial charge in [-0.05, 0) is 17.7 Å². The number of halogens is 2. The van der Waals surface area contributed by atoms with Crippen LogP contribution in [0.4, 0.5) is 10.1 Å². The molecule has 0 radical (unpaired) electrons. The van der Waals surface area contributed by atoms with Crippen molar-refractivity contribution in [3.63, 3.8) is 0 Å². The van der Waals surface area contributed by atoms with Crippen LogP contribution in [-0.4, -0.2) is 21.3 Å². The van der Waals surface area contributed by atoms with Gasteiger partial charge in [0, 0.05) is 11.6 Å². The van der Waals surface area contributed by atoms with Gasteiger partial charge >= 0.3 is 0 Å². The van der Waals surface area contributed by atoms with Gasteiger partial charge < -0.3 is 5.21 Å². The van der Waals surface area contributed by atoms with E-state index in [0.29, 0.717) is 5.56 Å². The second-order valence-electron chi connectivity index (χ2n) is 3.76. The van der Waals surface area contributed by atoms with Crippen LogP contribution < -0.4 is 0 Å². The molecule has 6 nitrogen and oxygen atoms in total. The standard InChI is InChI=1S/C12H7ClFN3O3/c13-10-4-8(17(19)20)6-15-12(10)9-2-1-7(5-16-18)3-11(9)14/h1-6,18H. The fraction of sp³-hybridized carbons (Fsp3) is 0. The van der Waals surface area contributed by atoms with E-state index in [4.69, 9.17) is 16.8 Å².